The first-order valence-electron chi connectivity index (χ1n) is 5.73. The van der Waals surface area contributed by atoms with Gasteiger partial charge in [-0.1, -0.05) is 6.42 Å². The summed E-state index contributed by atoms with van der Waals surface area (Å²) in [4.78, 5) is 22.6. The van der Waals surface area contributed by atoms with E-state index in [-0.39, 0.29) is 36.6 Å². The molecule has 1 amide bonds. The largest absolute Gasteiger partial charge is 0.469 e. The van der Waals surface area contributed by atoms with Crippen molar-refractivity contribution >= 4 is 24.3 Å². The number of hydrogen-bond acceptors (Lipinski definition) is 4. The van der Waals surface area contributed by atoms with Crippen LogP contribution in [0, 0.1) is 11.8 Å². The number of carbonyl (C=O) groups excluding carboxylic acids is 2. The first kappa shape index (κ1) is 16.2. The van der Waals surface area contributed by atoms with Crippen molar-refractivity contribution in [3.05, 3.63) is 0 Å². The molecular formula is C11H21ClN2O3. The number of nitrogens with one attached hydrogen (secondary N) is 1. The Morgan fingerprint density at radius 1 is 1.41 bits per heavy atom. The number of nitrogens with two attached hydrogens (primary N) is 1. The number of hydrogen-bond donors (Lipinski definition) is 2. The standard InChI is InChI=1S/C11H20N2O3.ClH/c1-16-10(14)5-6-13-11(15)9-4-2-3-8(9)7-12;/h8-9H,2-7,12H2,1H3,(H,13,15);1H/t8-,9-;/m1./s1. The van der Waals surface area contributed by atoms with E-state index in [0.717, 1.165) is 19.3 Å². The van der Waals surface area contributed by atoms with Gasteiger partial charge in [0.25, 0.3) is 0 Å². The lowest BCUT2D eigenvalue weighted by molar-refractivity contribution is -0.140. The number of carbonyl (C=O) groups is 2. The van der Waals surface area contributed by atoms with Gasteiger partial charge < -0.3 is 15.8 Å². The quantitative estimate of drug-likeness (QED) is 0.707. The summed E-state index contributed by atoms with van der Waals surface area (Å²) in [7, 11) is 1.34. The van der Waals surface area contributed by atoms with E-state index in [0.29, 0.717) is 19.0 Å². The van der Waals surface area contributed by atoms with Crippen molar-refractivity contribution in [3.8, 4) is 0 Å². The molecule has 0 saturated heterocycles. The molecule has 0 heterocycles. The lowest BCUT2D eigenvalue weighted by atomic mass is 9.95. The van der Waals surface area contributed by atoms with Crippen LogP contribution in [-0.4, -0.2) is 32.1 Å². The summed E-state index contributed by atoms with van der Waals surface area (Å²) in [5.74, 6) is 0.0553. The second-order valence-electron chi connectivity index (χ2n) is 4.15. The van der Waals surface area contributed by atoms with Gasteiger partial charge in [-0.2, -0.15) is 0 Å². The summed E-state index contributed by atoms with van der Waals surface area (Å²) < 4.78 is 4.49. The molecule has 2 atom stereocenters. The van der Waals surface area contributed by atoms with E-state index in [1.807, 2.05) is 0 Å². The van der Waals surface area contributed by atoms with Gasteiger partial charge in [-0.15, -0.1) is 12.4 Å². The van der Waals surface area contributed by atoms with Gasteiger partial charge in [0.2, 0.25) is 5.91 Å². The van der Waals surface area contributed by atoms with E-state index in [9.17, 15) is 9.59 Å². The van der Waals surface area contributed by atoms with Gasteiger partial charge in [0.1, 0.15) is 0 Å². The molecule has 0 spiro atoms. The maximum absolute atomic E-state index is 11.8. The van der Waals surface area contributed by atoms with Crippen molar-refractivity contribution in [2.24, 2.45) is 17.6 Å². The molecule has 0 aromatic rings. The fourth-order valence-corrected chi connectivity index (χ4v) is 2.19. The van der Waals surface area contributed by atoms with Gasteiger partial charge in [0, 0.05) is 12.5 Å². The summed E-state index contributed by atoms with van der Waals surface area (Å²) >= 11 is 0. The Bertz CT molecular complexity index is 261. The predicted octanol–water partition coefficient (Wildman–Crippen LogP) is 0.462. The monoisotopic (exact) mass is 264 g/mol. The average molecular weight is 265 g/mol. The van der Waals surface area contributed by atoms with Crippen molar-refractivity contribution < 1.29 is 14.3 Å². The van der Waals surface area contributed by atoms with Crippen LogP contribution in [0.1, 0.15) is 25.7 Å². The fraction of sp³-hybridized carbons (Fsp3) is 0.818. The van der Waals surface area contributed by atoms with Crippen LogP contribution >= 0.6 is 12.4 Å². The van der Waals surface area contributed by atoms with Gasteiger partial charge in [-0.05, 0) is 25.3 Å². The van der Waals surface area contributed by atoms with E-state index in [4.69, 9.17) is 5.73 Å². The third kappa shape index (κ3) is 4.91. The van der Waals surface area contributed by atoms with Crippen molar-refractivity contribution in [2.75, 3.05) is 20.2 Å². The van der Waals surface area contributed by atoms with Crippen LogP contribution in [0.2, 0.25) is 0 Å². The predicted molar refractivity (Wildman–Crippen MR) is 66.8 cm³/mol. The van der Waals surface area contributed by atoms with E-state index in [2.05, 4.69) is 10.1 Å². The Kier molecular flexibility index (Phi) is 7.91. The normalized spacial score (nSPS) is 22.7. The van der Waals surface area contributed by atoms with Crippen molar-refractivity contribution in [2.45, 2.75) is 25.7 Å². The molecule has 1 saturated carbocycles. The number of esters is 1. The van der Waals surface area contributed by atoms with Crippen LogP contribution in [0.5, 0.6) is 0 Å². The summed E-state index contributed by atoms with van der Waals surface area (Å²) in [5.41, 5.74) is 5.61. The van der Waals surface area contributed by atoms with E-state index in [1.165, 1.54) is 7.11 Å². The number of rotatable bonds is 5. The zero-order valence-electron chi connectivity index (χ0n) is 10.1. The smallest absolute Gasteiger partial charge is 0.307 e. The maximum atomic E-state index is 11.8. The third-order valence-corrected chi connectivity index (χ3v) is 3.15. The highest BCUT2D eigenvalue weighted by molar-refractivity contribution is 5.85. The highest BCUT2D eigenvalue weighted by atomic mass is 35.5. The zero-order valence-corrected chi connectivity index (χ0v) is 10.9. The minimum Gasteiger partial charge on any atom is -0.469 e. The highest BCUT2D eigenvalue weighted by Gasteiger charge is 2.31. The maximum Gasteiger partial charge on any atom is 0.307 e. The Morgan fingerprint density at radius 3 is 2.71 bits per heavy atom. The summed E-state index contributed by atoms with van der Waals surface area (Å²) in [6, 6.07) is 0. The molecule has 0 bridgehead atoms. The van der Waals surface area contributed by atoms with Gasteiger partial charge in [0.05, 0.1) is 13.5 Å². The summed E-state index contributed by atoms with van der Waals surface area (Å²) in [6.07, 6.45) is 3.23. The molecule has 1 aliphatic rings. The minimum atomic E-state index is -0.304. The first-order chi connectivity index (χ1) is 7.69. The lowest BCUT2D eigenvalue weighted by Crippen LogP contribution is -2.36. The number of halogens is 1. The van der Waals surface area contributed by atoms with E-state index < -0.39 is 0 Å². The van der Waals surface area contributed by atoms with Crippen LogP contribution in [-0.2, 0) is 14.3 Å². The second-order valence-corrected chi connectivity index (χ2v) is 4.15. The number of amides is 1. The van der Waals surface area contributed by atoms with E-state index >= 15 is 0 Å². The summed E-state index contributed by atoms with van der Waals surface area (Å²) in [5, 5.41) is 2.76. The molecule has 6 heteroatoms. The molecule has 1 fully saturated rings. The Hall–Kier alpha value is -0.810. The van der Waals surface area contributed by atoms with Crippen molar-refractivity contribution in [1.29, 1.82) is 0 Å². The molecule has 0 aromatic heterocycles. The molecule has 100 valence electrons. The van der Waals surface area contributed by atoms with Gasteiger partial charge >= 0.3 is 5.97 Å². The zero-order chi connectivity index (χ0) is 12.0. The molecule has 17 heavy (non-hydrogen) atoms. The van der Waals surface area contributed by atoms with Gasteiger partial charge in [0.15, 0.2) is 0 Å². The molecule has 1 aliphatic carbocycles. The van der Waals surface area contributed by atoms with Crippen molar-refractivity contribution in [3.63, 3.8) is 0 Å². The molecule has 5 nitrogen and oxygen atoms in total. The average Bonchev–Trinajstić information content (AvgIpc) is 2.76. The van der Waals surface area contributed by atoms with Crippen LogP contribution < -0.4 is 11.1 Å². The van der Waals surface area contributed by atoms with Crippen LogP contribution in [0.25, 0.3) is 0 Å². The minimum absolute atomic E-state index is 0. The molecular weight excluding hydrogens is 244 g/mol. The highest BCUT2D eigenvalue weighted by Crippen LogP contribution is 2.30. The number of ether oxygens (including phenoxy) is 1. The molecule has 0 aromatic carbocycles. The number of methoxy groups -OCH3 is 1. The molecule has 0 aliphatic heterocycles. The van der Waals surface area contributed by atoms with Crippen molar-refractivity contribution in [1.82, 2.24) is 5.32 Å². The van der Waals surface area contributed by atoms with Crippen LogP contribution in [0.15, 0.2) is 0 Å². The Balaban J connectivity index is 0.00000256. The SMILES string of the molecule is COC(=O)CCNC(=O)[C@@H]1CCC[C@@H]1CN.Cl. The topological polar surface area (TPSA) is 81.4 Å². The molecule has 0 radical (unpaired) electrons. The molecule has 3 N–H and O–H groups in total. The molecule has 1 rings (SSSR count). The van der Waals surface area contributed by atoms with Crippen LogP contribution in [0.4, 0.5) is 0 Å². The van der Waals surface area contributed by atoms with Gasteiger partial charge in [-0.3, -0.25) is 9.59 Å². The fourth-order valence-electron chi connectivity index (χ4n) is 2.19. The first-order valence-corrected chi connectivity index (χ1v) is 5.73. The lowest BCUT2D eigenvalue weighted by Gasteiger charge is -2.16. The van der Waals surface area contributed by atoms with Crippen LogP contribution in [0.3, 0.4) is 0 Å². The third-order valence-electron chi connectivity index (χ3n) is 3.15. The Morgan fingerprint density at radius 2 is 2.12 bits per heavy atom. The Labute approximate surface area is 108 Å². The second kappa shape index (κ2) is 8.31. The molecule has 0 unspecified atom stereocenters. The van der Waals surface area contributed by atoms with Gasteiger partial charge in [-0.25, -0.2) is 0 Å². The van der Waals surface area contributed by atoms with E-state index in [1.54, 1.807) is 0 Å². The summed E-state index contributed by atoms with van der Waals surface area (Å²) in [6.45, 7) is 0.911.